The monoisotopic (exact) mass is 425 g/mol. The number of hydrogen-bond donors (Lipinski definition) is 2. The van der Waals surface area contributed by atoms with Crippen molar-refractivity contribution in [3.63, 3.8) is 0 Å². The lowest BCUT2D eigenvalue weighted by Crippen LogP contribution is -2.25. The fraction of sp³-hybridized carbons (Fsp3) is 0.227. The van der Waals surface area contributed by atoms with Crippen LogP contribution in [0.5, 0.6) is 5.75 Å². The summed E-state index contributed by atoms with van der Waals surface area (Å²) >= 11 is 1.24. The first-order valence-electron chi connectivity index (χ1n) is 9.55. The van der Waals surface area contributed by atoms with Gasteiger partial charge >= 0.3 is 0 Å². The van der Waals surface area contributed by atoms with Gasteiger partial charge in [0.1, 0.15) is 28.1 Å². The minimum absolute atomic E-state index is 0.0977. The number of aromatic nitrogens is 1. The zero-order valence-corrected chi connectivity index (χ0v) is 17.1. The predicted molar refractivity (Wildman–Crippen MR) is 112 cm³/mol. The van der Waals surface area contributed by atoms with Gasteiger partial charge in [0.2, 0.25) is 0 Å². The highest BCUT2D eigenvalue weighted by molar-refractivity contribution is 7.13. The second-order valence-corrected chi connectivity index (χ2v) is 8.13. The lowest BCUT2D eigenvalue weighted by atomic mass is 10.2. The van der Waals surface area contributed by atoms with Gasteiger partial charge < -0.3 is 15.4 Å². The van der Waals surface area contributed by atoms with Crippen molar-refractivity contribution in [3.05, 3.63) is 75.5 Å². The maximum atomic E-state index is 13.0. The number of halogens is 1. The van der Waals surface area contributed by atoms with Crippen molar-refractivity contribution in [1.82, 2.24) is 10.3 Å². The Morgan fingerprint density at radius 3 is 2.47 bits per heavy atom. The molecule has 2 aromatic carbocycles. The Balaban J connectivity index is 1.36. The van der Waals surface area contributed by atoms with E-state index in [0.29, 0.717) is 38.6 Å². The van der Waals surface area contributed by atoms with E-state index in [4.69, 9.17) is 4.74 Å². The summed E-state index contributed by atoms with van der Waals surface area (Å²) in [7, 11) is 0. The van der Waals surface area contributed by atoms with Gasteiger partial charge in [0.05, 0.1) is 5.69 Å². The van der Waals surface area contributed by atoms with Gasteiger partial charge in [-0.2, -0.15) is 0 Å². The van der Waals surface area contributed by atoms with Crippen LogP contribution < -0.4 is 15.4 Å². The Morgan fingerprint density at radius 2 is 1.80 bits per heavy atom. The van der Waals surface area contributed by atoms with Gasteiger partial charge in [-0.1, -0.05) is 0 Å². The van der Waals surface area contributed by atoms with Crippen LogP contribution in [-0.4, -0.2) is 22.8 Å². The second kappa shape index (κ2) is 8.62. The van der Waals surface area contributed by atoms with Gasteiger partial charge in [-0.3, -0.25) is 9.59 Å². The van der Waals surface area contributed by atoms with E-state index < -0.39 is 0 Å². The molecule has 30 heavy (non-hydrogen) atoms. The molecule has 0 bridgehead atoms. The molecule has 0 saturated heterocycles. The molecule has 3 aromatic rings. The molecule has 2 amide bonds. The summed E-state index contributed by atoms with van der Waals surface area (Å²) in [6.45, 7) is 1.95. The van der Waals surface area contributed by atoms with Gasteiger partial charge in [-0.05, 0) is 68.3 Å². The number of nitrogens with one attached hydrogen (secondary N) is 2. The second-order valence-electron chi connectivity index (χ2n) is 7.04. The van der Waals surface area contributed by atoms with Crippen molar-refractivity contribution in [2.24, 2.45) is 0 Å². The first-order valence-corrected chi connectivity index (χ1v) is 10.4. The third-order valence-electron chi connectivity index (χ3n) is 4.54. The molecular formula is C22H20FN3O3S. The maximum absolute atomic E-state index is 13.0. The highest BCUT2D eigenvalue weighted by Crippen LogP contribution is 2.23. The summed E-state index contributed by atoms with van der Waals surface area (Å²) in [6, 6.07) is 12.8. The first-order chi connectivity index (χ1) is 14.5. The molecule has 4 rings (SSSR count). The molecule has 0 aliphatic heterocycles. The van der Waals surface area contributed by atoms with E-state index in [1.165, 1.54) is 35.6 Å². The summed E-state index contributed by atoms with van der Waals surface area (Å²) in [5.74, 6) is -0.170. The number of aryl methyl sites for hydroxylation is 1. The zero-order chi connectivity index (χ0) is 21.1. The van der Waals surface area contributed by atoms with E-state index in [-0.39, 0.29) is 24.2 Å². The lowest BCUT2D eigenvalue weighted by molar-refractivity contribution is 0.0950. The molecule has 0 radical (unpaired) electrons. The number of nitrogens with zero attached hydrogens (tertiary/aromatic N) is 1. The molecule has 1 aromatic heterocycles. The molecule has 0 atom stereocenters. The minimum atomic E-state index is -0.331. The van der Waals surface area contributed by atoms with Crippen LogP contribution in [0.3, 0.4) is 0 Å². The molecule has 2 N–H and O–H groups in total. The van der Waals surface area contributed by atoms with E-state index in [1.54, 1.807) is 31.2 Å². The van der Waals surface area contributed by atoms with Crippen LogP contribution in [0.25, 0.3) is 0 Å². The number of amides is 2. The first kappa shape index (κ1) is 20.0. The molecule has 1 fully saturated rings. The molecule has 6 nitrogen and oxygen atoms in total. The van der Waals surface area contributed by atoms with Gasteiger partial charge in [-0.25, -0.2) is 9.37 Å². The van der Waals surface area contributed by atoms with Gasteiger partial charge in [0.25, 0.3) is 11.8 Å². The average Bonchev–Trinajstić information content (AvgIpc) is 3.47. The Morgan fingerprint density at radius 1 is 1.10 bits per heavy atom. The Hall–Kier alpha value is -3.26. The number of hydrogen-bond acceptors (Lipinski definition) is 5. The molecule has 1 aliphatic carbocycles. The largest absolute Gasteiger partial charge is 0.486 e. The number of carbonyl (C=O) groups is 2. The predicted octanol–water partition coefficient (Wildman–Crippen LogP) is 4.31. The third-order valence-corrected chi connectivity index (χ3v) is 5.67. The standard InChI is InChI=1S/C22H20FN3O3S/c1-13-20(30-19(24-13)12-29-18-10-4-15(23)5-11-18)22(28)26-16-6-2-14(3-7-16)21(27)25-17-8-9-17/h2-7,10-11,17H,8-9,12H2,1H3,(H,25,27)(H,26,28). The Kier molecular flexibility index (Phi) is 5.76. The highest BCUT2D eigenvalue weighted by atomic mass is 32.1. The summed E-state index contributed by atoms with van der Waals surface area (Å²) in [4.78, 5) is 29.5. The molecule has 154 valence electrons. The number of ether oxygens (including phenoxy) is 1. The summed E-state index contributed by atoms with van der Waals surface area (Å²) < 4.78 is 18.6. The number of thiazole rings is 1. The van der Waals surface area contributed by atoms with E-state index in [9.17, 15) is 14.0 Å². The maximum Gasteiger partial charge on any atom is 0.267 e. The fourth-order valence-electron chi connectivity index (χ4n) is 2.79. The van der Waals surface area contributed by atoms with Gasteiger partial charge in [-0.15, -0.1) is 11.3 Å². The van der Waals surface area contributed by atoms with Crippen molar-refractivity contribution < 1.29 is 18.7 Å². The summed E-state index contributed by atoms with van der Waals surface area (Å²) in [5, 5.41) is 6.41. The van der Waals surface area contributed by atoms with Crippen LogP contribution in [-0.2, 0) is 6.61 Å². The summed E-state index contributed by atoms with van der Waals surface area (Å²) in [5.41, 5.74) is 1.77. The van der Waals surface area contributed by atoms with Gasteiger partial charge in [0.15, 0.2) is 0 Å². The molecule has 1 saturated carbocycles. The molecule has 0 unspecified atom stereocenters. The normalized spacial score (nSPS) is 13.0. The van der Waals surface area contributed by atoms with Crippen molar-refractivity contribution >= 4 is 28.8 Å². The van der Waals surface area contributed by atoms with Crippen LogP contribution in [0.1, 0.15) is 43.6 Å². The number of benzene rings is 2. The van der Waals surface area contributed by atoms with Crippen LogP contribution in [0.15, 0.2) is 48.5 Å². The average molecular weight is 425 g/mol. The van der Waals surface area contributed by atoms with Crippen LogP contribution in [0.4, 0.5) is 10.1 Å². The van der Waals surface area contributed by atoms with Gasteiger partial charge in [0, 0.05) is 17.3 Å². The molecule has 8 heteroatoms. The van der Waals surface area contributed by atoms with Crippen LogP contribution >= 0.6 is 11.3 Å². The topological polar surface area (TPSA) is 80.3 Å². The van der Waals surface area contributed by atoms with Crippen molar-refractivity contribution in [3.8, 4) is 5.75 Å². The SMILES string of the molecule is Cc1nc(COc2ccc(F)cc2)sc1C(=O)Nc1ccc(C(=O)NC2CC2)cc1. The smallest absolute Gasteiger partial charge is 0.267 e. The molecule has 1 aliphatic rings. The van der Waals surface area contributed by atoms with Crippen LogP contribution in [0.2, 0.25) is 0 Å². The zero-order valence-electron chi connectivity index (χ0n) is 16.3. The Labute approximate surface area is 177 Å². The van der Waals surface area contributed by atoms with E-state index >= 15 is 0 Å². The number of anilines is 1. The van der Waals surface area contributed by atoms with Crippen LogP contribution in [0, 0.1) is 12.7 Å². The van der Waals surface area contributed by atoms with Crippen molar-refractivity contribution in [1.29, 1.82) is 0 Å². The molecule has 1 heterocycles. The molecular weight excluding hydrogens is 405 g/mol. The lowest BCUT2D eigenvalue weighted by Gasteiger charge is -2.06. The highest BCUT2D eigenvalue weighted by Gasteiger charge is 2.23. The Bertz CT molecular complexity index is 1060. The van der Waals surface area contributed by atoms with Crippen molar-refractivity contribution in [2.45, 2.75) is 32.4 Å². The molecule has 0 spiro atoms. The fourth-order valence-corrected chi connectivity index (χ4v) is 3.66. The van der Waals surface area contributed by atoms with E-state index in [0.717, 1.165) is 12.8 Å². The van der Waals surface area contributed by atoms with E-state index in [2.05, 4.69) is 15.6 Å². The number of rotatable bonds is 7. The minimum Gasteiger partial charge on any atom is -0.486 e. The number of carbonyl (C=O) groups excluding carboxylic acids is 2. The van der Waals surface area contributed by atoms with E-state index in [1.807, 2.05) is 0 Å². The van der Waals surface area contributed by atoms with Crippen molar-refractivity contribution in [2.75, 3.05) is 5.32 Å². The quantitative estimate of drug-likeness (QED) is 0.591. The summed E-state index contributed by atoms with van der Waals surface area (Å²) in [6.07, 6.45) is 2.07. The third kappa shape index (κ3) is 5.01.